The van der Waals surface area contributed by atoms with Crippen LogP contribution in [0.2, 0.25) is 0 Å². The summed E-state index contributed by atoms with van der Waals surface area (Å²) < 4.78 is 16.5. The predicted molar refractivity (Wildman–Crippen MR) is 101 cm³/mol. The third-order valence-corrected chi connectivity index (χ3v) is 5.55. The van der Waals surface area contributed by atoms with Crippen LogP contribution in [0.5, 0.6) is 11.5 Å². The fraction of sp³-hybridized carbons (Fsp3) is 0.500. The molecular weight excluding hydrogens is 362 g/mol. The average Bonchev–Trinajstić information content (AvgIpc) is 3.36. The van der Waals surface area contributed by atoms with Crippen LogP contribution in [0.1, 0.15) is 39.8 Å². The van der Waals surface area contributed by atoms with Gasteiger partial charge in [-0.1, -0.05) is 6.07 Å². The SMILES string of the molecule is COc1ccc([C@@H]2[C@@H](CO)OCCN2C(=O)c2n[nH]c3c2CCC3)cc1OC. The first kappa shape index (κ1) is 18.8. The summed E-state index contributed by atoms with van der Waals surface area (Å²) in [6.07, 6.45) is 2.30. The largest absolute Gasteiger partial charge is 0.493 e. The highest BCUT2D eigenvalue weighted by atomic mass is 16.5. The number of fused-ring (bicyclic) bond motifs is 1. The van der Waals surface area contributed by atoms with Crippen molar-refractivity contribution in [3.05, 3.63) is 40.7 Å². The molecule has 1 amide bonds. The molecule has 1 aromatic carbocycles. The molecule has 0 spiro atoms. The lowest BCUT2D eigenvalue weighted by Gasteiger charge is -2.40. The van der Waals surface area contributed by atoms with Crippen LogP contribution in [-0.2, 0) is 17.6 Å². The molecule has 1 aliphatic heterocycles. The maximum absolute atomic E-state index is 13.4. The molecule has 0 radical (unpaired) electrons. The van der Waals surface area contributed by atoms with Gasteiger partial charge in [0.1, 0.15) is 6.10 Å². The second-order valence-corrected chi connectivity index (χ2v) is 7.03. The van der Waals surface area contributed by atoms with Gasteiger partial charge in [-0.25, -0.2) is 0 Å². The fourth-order valence-electron chi connectivity index (χ4n) is 4.18. The van der Waals surface area contributed by atoms with Crippen molar-refractivity contribution >= 4 is 5.91 Å². The minimum atomic E-state index is -0.525. The second-order valence-electron chi connectivity index (χ2n) is 7.03. The average molecular weight is 387 g/mol. The Hall–Kier alpha value is -2.58. The topological polar surface area (TPSA) is 96.9 Å². The van der Waals surface area contributed by atoms with E-state index in [1.807, 2.05) is 12.1 Å². The van der Waals surface area contributed by atoms with Crippen molar-refractivity contribution in [2.45, 2.75) is 31.4 Å². The minimum Gasteiger partial charge on any atom is -0.493 e. The highest BCUT2D eigenvalue weighted by Crippen LogP contribution is 2.37. The number of aryl methyl sites for hydroxylation is 1. The summed E-state index contributed by atoms with van der Waals surface area (Å²) in [5.74, 6) is 1.03. The van der Waals surface area contributed by atoms with Gasteiger partial charge in [0.2, 0.25) is 0 Å². The van der Waals surface area contributed by atoms with Crippen molar-refractivity contribution < 1.29 is 24.1 Å². The Morgan fingerprint density at radius 2 is 2.14 bits per heavy atom. The summed E-state index contributed by atoms with van der Waals surface area (Å²) in [5, 5.41) is 17.2. The number of carbonyl (C=O) groups is 1. The Balaban J connectivity index is 1.71. The number of aromatic amines is 1. The van der Waals surface area contributed by atoms with E-state index in [-0.39, 0.29) is 12.5 Å². The van der Waals surface area contributed by atoms with Gasteiger partial charge in [-0.15, -0.1) is 0 Å². The molecule has 150 valence electrons. The van der Waals surface area contributed by atoms with Crippen LogP contribution in [0.3, 0.4) is 0 Å². The number of hydrogen-bond donors (Lipinski definition) is 2. The quantitative estimate of drug-likeness (QED) is 0.807. The van der Waals surface area contributed by atoms with Crippen LogP contribution >= 0.6 is 0 Å². The summed E-state index contributed by atoms with van der Waals surface area (Å²) in [6.45, 7) is 0.602. The molecular formula is C20H25N3O5. The molecule has 1 fully saturated rings. The summed E-state index contributed by atoms with van der Waals surface area (Å²) in [6, 6.07) is 5.06. The van der Waals surface area contributed by atoms with E-state index in [0.717, 1.165) is 36.1 Å². The highest BCUT2D eigenvalue weighted by molar-refractivity contribution is 5.94. The van der Waals surface area contributed by atoms with Gasteiger partial charge < -0.3 is 24.2 Å². The lowest BCUT2D eigenvalue weighted by molar-refractivity contribution is -0.0813. The van der Waals surface area contributed by atoms with Gasteiger partial charge >= 0.3 is 0 Å². The zero-order valence-electron chi connectivity index (χ0n) is 16.1. The number of aromatic nitrogens is 2. The normalized spacial score (nSPS) is 21.5. The Morgan fingerprint density at radius 1 is 1.32 bits per heavy atom. The molecule has 0 unspecified atom stereocenters. The molecule has 0 bridgehead atoms. The molecule has 1 aliphatic carbocycles. The number of methoxy groups -OCH3 is 2. The first-order valence-electron chi connectivity index (χ1n) is 9.49. The maximum atomic E-state index is 13.4. The van der Waals surface area contributed by atoms with Crippen molar-refractivity contribution in [3.63, 3.8) is 0 Å². The smallest absolute Gasteiger partial charge is 0.275 e. The first-order valence-corrected chi connectivity index (χ1v) is 9.49. The number of rotatable bonds is 5. The molecule has 2 atom stereocenters. The van der Waals surface area contributed by atoms with Crippen molar-refractivity contribution in [2.75, 3.05) is 34.0 Å². The Bertz CT molecular complexity index is 866. The molecule has 1 aromatic heterocycles. The molecule has 4 rings (SSSR count). The summed E-state index contributed by atoms with van der Waals surface area (Å²) in [5.41, 5.74) is 3.37. The summed E-state index contributed by atoms with van der Waals surface area (Å²) in [4.78, 5) is 15.1. The number of hydrogen-bond acceptors (Lipinski definition) is 6. The van der Waals surface area contributed by atoms with E-state index in [9.17, 15) is 9.90 Å². The molecule has 8 nitrogen and oxygen atoms in total. The van der Waals surface area contributed by atoms with Gasteiger partial charge in [0.25, 0.3) is 5.91 Å². The Kier molecular flexibility index (Phi) is 5.23. The van der Waals surface area contributed by atoms with Crippen LogP contribution in [0.25, 0.3) is 0 Å². The van der Waals surface area contributed by atoms with E-state index < -0.39 is 12.1 Å². The number of benzene rings is 1. The molecule has 2 aliphatic rings. The molecule has 28 heavy (non-hydrogen) atoms. The van der Waals surface area contributed by atoms with E-state index in [0.29, 0.717) is 30.3 Å². The summed E-state index contributed by atoms with van der Waals surface area (Å²) in [7, 11) is 3.14. The first-order chi connectivity index (χ1) is 13.7. The van der Waals surface area contributed by atoms with Crippen molar-refractivity contribution in [2.24, 2.45) is 0 Å². The third-order valence-electron chi connectivity index (χ3n) is 5.55. The van der Waals surface area contributed by atoms with Gasteiger partial charge in [0.15, 0.2) is 17.2 Å². The van der Waals surface area contributed by atoms with Crippen LogP contribution in [-0.4, -0.2) is 66.2 Å². The minimum absolute atomic E-state index is 0.138. The standard InChI is InChI=1S/C20H25N3O5/c1-26-15-7-6-12(10-16(15)27-2)19-17(11-24)28-9-8-23(19)20(25)18-13-4-3-5-14(13)21-22-18/h6-7,10,17,19,24H,3-5,8-9,11H2,1-2H3,(H,21,22)/t17-,19-/m1/s1. The van der Waals surface area contributed by atoms with E-state index in [2.05, 4.69) is 10.2 Å². The van der Waals surface area contributed by atoms with Crippen molar-refractivity contribution in [1.82, 2.24) is 15.1 Å². The molecule has 8 heteroatoms. The van der Waals surface area contributed by atoms with Crippen molar-refractivity contribution in [3.8, 4) is 11.5 Å². The van der Waals surface area contributed by atoms with E-state index >= 15 is 0 Å². The van der Waals surface area contributed by atoms with Crippen molar-refractivity contribution in [1.29, 1.82) is 0 Å². The number of ether oxygens (including phenoxy) is 3. The molecule has 2 aromatic rings. The monoisotopic (exact) mass is 387 g/mol. The molecule has 0 saturated carbocycles. The van der Waals surface area contributed by atoms with Gasteiger partial charge in [0.05, 0.1) is 33.5 Å². The third kappa shape index (κ3) is 3.12. The van der Waals surface area contributed by atoms with E-state index in [1.54, 1.807) is 25.2 Å². The predicted octanol–water partition coefficient (Wildman–Crippen LogP) is 1.49. The number of aliphatic hydroxyl groups excluding tert-OH is 1. The van der Waals surface area contributed by atoms with Gasteiger partial charge in [-0.2, -0.15) is 5.10 Å². The van der Waals surface area contributed by atoms with Crippen LogP contribution in [0, 0.1) is 0 Å². The number of aliphatic hydroxyl groups is 1. The number of amides is 1. The zero-order chi connectivity index (χ0) is 19.7. The second kappa shape index (κ2) is 7.81. The lowest BCUT2D eigenvalue weighted by Crippen LogP contribution is -2.49. The molecule has 2 N–H and O–H groups in total. The number of carbonyl (C=O) groups excluding carboxylic acids is 1. The van der Waals surface area contributed by atoms with Crippen LogP contribution < -0.4 is 9.47 Å². The van der Waals surface area contributed by atoms with Gasteiger partial charge in [0, 0.05) is 17.8 Å². The Labute approximate surface area is 163 Å². The summed E-state index contributed by atoms with van der Waals surface area (Å²) >= 11 is 0. The van der Waals surface area contributed by atoms with Crippen LogP contribution in [0.4, 0.5) is 0 Å². The lowest BCUT2D eigenvalue weighted by atomic mass is 9.97. The number of H-pyrrole nitrogens is 1. The molecule has 2 heterocycles. The van der Waals surface area contributed by atoms with E-state index in [1.165, 1.54) is 0 Å². The highest BCUT2D eigenvalue weighted by Gasteiger charge is 2.39. The van der Waals surface area contributed by atoms with Gasteiger partial charge in [-0.3, -0.25) is 9.89 Å². The fourth-order valence-corrected chi connectivity index (χ4v) is 4.18. The Morgan fingerprint density at radius 3 is 2.89 bits per heavy atom. The van der Waals surface area contributed by atoms with Gasteiger partial charge in [-0.05, 0) is 37.0 Å². The number of nitrogens with zero attached hydrogens (tertiary/aromatic N) is 2. The van der Waals surface area contributed by atoms with Crippen LogP contribution in [0.15, 0.2) is 18.2 Å². The number of nitrogens with one attached hydrogen (secondary N) is 1. The molecule has 1 saturated heterocycles. The zero-order valence-corrected chi connectivity index (χ0v) is 16.1. The van der Waals surface area contributed by atoms with E-state index in [4.69, 9.17) is 14.2 Å². The number of morpholine rings is 1. The maximum Gasteiger partial charge on any atom is 0.275 e.